The first-order chi connectivity index (χ1) is 6.59. The Balaban J connectivity index is 2.60. The van der Waals surface area contributed by atoms with E-state index in [-0.39, 0.29) is 0 Å². The van der Waals surface area contributed by atoms with Crippen molar-refractivity contribution >= 4 is 5.97 Å². The number of carboxylic acid groups (broad SMARTS) is 1. The minimum Gasteiger partial charge on any atom is -0.478 e. The van der Waals surface area contributed by atoms with Crippen molar-refractivity contribution in [3.05, 3.63) is 35.4 Å². The van der Waals surface area contributed by atoms with Crippen LogP contribution in [-0.2, 0) is 6.42 Å². The van der Waals surface area contributed by atoms with Crippen LogP contribution in [0.2, 0.25) is 0 Å². The molecule has 2 nitrogen and oxygen atoms in total. The summed E-state index contributed by atoms with van der Waals surface area (Å²) >= 11 is 0. The molecule has 0 atom stereocenters. The van der Waals surface area contributed by atoms with E-state index in [1.165, 1.54) is 5.56 Å². The van der Waals surface area contributed by atoms with Crippen molar-refractivity contribution in [2.45, 2.75) is 26.7 Å². The first kappa shape index (κ1) is 10.8. The molecule has 1 rings (SSSR count). The van der Waals surface area contributed by atoms with Gasteiger partial charge in [-0.15, -0.1) is 0 Å². The van der Waals surface area contributed by atoms with E-state index < -0.39 is 5.97 Å². The molecule has 0 bridgehead atoms. The van der Waals surface area contributed by atoms with Gasteiger partial charge in [0.2, 0.25) is 0 Å². The summed E-state index contributed by atoms with van der Waals surface area (Å²) in [6.07, 6.45) is 2.17. The second kappa shape index (κ2) is 4.80. The van der Waals surface area contributed by atoms with Crippen molar-refractivity contribution in [2.24, 2.45) is 5.92 Å². The van der Waals surface area contributed by atoms with E-state index in [1.54, 1.807) is 12.1 Å². The second-order valence-corrected chi connectivity index (χ2v) is 3.93. The standard InChI is InChI=1S/C12H16O2/c1-9(2)3-4-10-5-7-11(8-6-10)12(13)14/h5-9H,3-4H2,1-2H3,(H,13,14). The zero-order chi connectivity index (χ0) is 10.6. The van der Waals surface area contributed by atoms with Crippen LogP contribution in [0.4, 0.5) is 0 Å². The number of aryl methyl sites for hydroxylation is 1. The molecular formula is C12H16O2. The Morgan fingerprint density at radius 3 is 2.29 bits per heavy atom. The number of carboxylic acids is 1. The highest BCUT2D eigenvalue weighted by Gasteiger charge is 2.02. The fraction of sp³-hybridized carbons (Fsp3) is 0.417. The molecule has 1 aromatic rings. The summed E-state index contributed by atoms with van der Waals surface area (Å²) in [5.74, 6) is -0.172. The van der Waals surface area contributed by atoms with Gasteiger partial charge in [0.1, 0.15) is 0 Å². The number of hydrogen-bond donors (Lipinski definition) is 1. The van der Waals surface area contributed by atoms with Crippen molar-refractivity contribution in [2.75, 3.05) is 0 Å². The van der Waals surface area contributed by atoms with Crippen LogP contribution < -0.4 is 0 Å². The highest BCUT2D eigenvalue weighted by atomic mass is 16.4. The van der Waals surface area contributed by atoms with E-state index >= 15 is 0 Å². The van der Waals surface area contributed by atoms with Crippen LogP contribution in [0, 0.1) is 5.92 Å². The topological polar surface area (TPSA) is 37.3 Å². The molecule has 0 radical (unpaired) electrons. The van der Waals surface area contributed by atoms with Gasteiger partial charge in [0.25, 0.3) is 0 Å². The van der Waals surface area contributed by atoms with Crippen molar-refractivity contribution in [1.29, 1.82) is 0 Å². The molecule has 0 unspecified atom stereocenters. The van der Waals surface area contributed by atoms with Crippen LogP contribution in [0.1, 0.15) is 36.2 Å². The molecule has 14 heavy (non-hydrogen) atoms. The van der Waals surface area contributed by atoms with Crippen LogP contribution in [0.3, 0.4) is 0 Å². The van der Waals surface area contributed by atoms with E-state index in [9.17, 15) is 4.79 Å². The van der Waals surface area contributed by atoms with Crippen molar-refractivity contribution in [3.63, 3.8) is 0 Å². The Labute approximate surface area is 84.6 Å². The van der Waals surface area contributed by atoms with Gasteiger partial charge >= 0.3 is 5.97 Å². The Bertz CT molecular complexity index is 299. The van der Waals surface area contributed by atoms with E-state index in [2.05, 4.69) is 13.8 Å². The van der Waals surface area contributed by atoms with Gasteiger partial charge in [0.05, 0.1) is 5.56 Å². The molecule has 0 aliphatic carbocycles. The van der Waals surface area contributed by atoms with Crippen LogP contribution in [0.15, 0.2) is 24.3 Å². The Hall–Kier alpha value is -1.31. The lowest BCUT2D eigenvalue weighted by Crippen LogP contribution is -1.97. The van der Waals surface area contributed by atoms with Gasteiger partial charge in [-0.1, -0.05) is 26.0 Å². The quantitative estimate of drug-likeness (QED) is 0.796. The van der Waals surface area contributed by atoms with Crippen LogP contribution in [0.5, 0.6) is 0 Å². The Kier molecular flexibility index (Phi) is 3.69. The number of rotatable bonds is 4. The monoisotopic (exact) mass is 192 g/mol. The zero-order valence-corrected chi connectivity index (χ0v) is 8.66. The van der Waals surface area contributed by atoms with Crippen molar-refractivity contribution < 1.29 is 9.90 Å². The summed E-state index contributed by atoms with van der Waals surface area (Å²) in [6, 6.07) is 7.12. The second-order valence-electron chi connectivity index (χ2n) is 3.93. The van der Waals surface area contributed by atoms with Gasteiger partial charge in [-0.05, 0) is 36.5 Å². The maximum atomic E-state index is 10.6. The van der Waals surface area contributed by atoms with Gasteiger partial charge in [-0.2, -0.15) is 0 Å². The summed E-state index contributed by atoms with van der Waals surface area (Å²) in [7, 11) is 0. The van der Waals surface area contributed by atoms with Crippen molar-refractivity contribution in [1.82, 2.24) is 0 Å². The largest absolute Gasteiger partial charge is 0.478 e. The van der Waals surface area contributed by atoms with Crippen molar-refractivity contribution in [3.8, 4) is 0 Å². The van der Waals surface area contributed by atoms with E-state index in [0.29, 0.717) is 11.5 Å². The average molecular weight is 192 g/mol. The SMILES string of the molecule is CC(C)CCc1ccc(C(=O)O)cc1. The lowest BCUT2D eigenvalue weighted by molar-refractivity contribution is 0.0697. The smallest absolute Gasteiger partial charge is 0.335 e. The molecular weight excluding hydrogens is 176 g/mol. The summed E-state index contributed by atoms with van der Waals surface area (Å²) in [4.78, 5) is 10.6. The number of hydrogen-bond acceptors (Lipinski definition) is 1. The van der Waals surface area contributed by atoms with Gasteiger partial charge < -0.3 is 5.11 Å². The van der Waals surface area contributed by atoms with Crippen LogP contribution >= 0.6 is 0 Å². The summed E-state index contributed by atoms with van der Waals surface area (Å²) in [5, 5.41) is 8.69. The van der Waals surface area contributed by atoms with Crippen LogP contribution in [0.25, 0.3) is 0 Å². The Morgan fingerprint density at radius 2 is 1.86 bits per heavy atom. The number of aromatic carboxylic acids is 1. The third kappa shape index (κ3) is 3.21. The first-order valence-electron chi connectivity index (χ1n) is 4.92. The molecule has 1 aromatic carbocycles. The minimum atomic E-state index is -0.861. The lowest BCUT2D eigenvalue weighted by atomic mass is 10.0. The molecule has 2 heteroatoms. The highest BCUT2D eigenvalue weighted by molar-refractivity contribution is 5.87. The fourth-order valence-electron chi connectivity index (χ4n) is 1.27. The molecule has 0 fully saturated rings. The molecule has 0 saturated carbocycles. The van der Waals surface area contributed by atoms with Gasteiger partial charge in [0.15, 0.2) is 0 Å². The van der Waals surface area contributed by atoms with Gasteiger partial charge in [-0.3, -0.25) is 0 Å². The molecule has 0 spiro atoms. The maximum absolute atomic E-state index is 10.6. The van der Waals surface area contributed by atoms with Crippen LogP contribution in [-0.4, -0.2) is 11.1 Å². The molecule has 0 amide bonds. The molecule has 0 heterocycles. The molecule has 0 aliphatic rings. The molecule has 0 saturated heterocycles. The molecule has 76 valence electrons. The first-order valence-corrected chi connectivity index (χ1v) is 4.92. The van der Waals surface area contributed by atoms with Gasteiger partial charge in [-0.25, -0.2) is 4.79 Å². The van der Waals surface area contributed by atoms with Gasteiger partial charge in [0, 0.05) is 0 Å². The normalized spacial score (nSPS) is 10.5. The maximum Gasteiger partial charge on any atom is 0.335 e. The Morgan fingerprint density at radius 1 is 1.29 bits per heavy atom. The predicted molar refractivity (Wildman–Crippen MR) is 56.6 cm³/mol. The highest BCUT2D eigenvalue weighted by Crippen LogP contribution is 2.10. The fourth-order valence-corrected chi connectivity index (χ4v) is 1.27. The number of benzene rings is 1. The summed E-state index contributed by atoms with van der Waals surface area (Å²) in [6.45, 7) is 4.37. The summed E-state index contributed by atoms with van der Waals surface area (Å²) < 4.78 is 0. The third-order valence-corrected chi connectivity index (χ3v) is 2.21. The van der Waals surface area contributed by atoms with E-state index in [0.717, 1.165) is 12.8 Å². The summed E-state index contributed by atoms with van der Waals surface area (Å²) in [5.41, 5.74) is 1.57. The predicted octanol–water partition coefficient (Wildman–Crippen LogP) is 2.97. The molecule has 0 aliphatic heterocycles. The van der Waals surface area contributed by atoms with E-state index in [4.69, 9.17) is 5.11 Å². The minimum absolute atomic E-state index is 0.360. The zero-order valence-electron chi connectivity index (χ0n) is 8.66. The average Bonchev–Trinajstić information content (AvgIpc) is 2.15. The lowest BCUT2D eigenvalue weighted by Gasteiger charge is -2.04. The number of carbonyl (C=O) groups is 1. The van der Waals surface area contributed by atoms with E-state index in [1.807, 2.05) is 12.1 Å². The third-order valence-electron chi connectivity index (χ3n) is 2.21. The molecule has 0 aromatic heterocycles. The molecule has 1 N–H and O–H groups in total.